The molecule has 1 saturated heterocycles. The quantitative estimate of drug-likeness (QED) is 0.611. The number of hydrogen-bond acceptors (Lipinski definition) is 3. The van der Waals surface area contributed by atoms with Crippen LogP contribution in [-0.2, 0) is 11.3 Å². The second-order valence-electron chi connectivity index (χ2n) is 8.81. The lowest BCUT2D eigenvalue weighted by molar-refractivity contribution is -0.130. The van der Waals surface area contributed by atoms with Gasteiger partial charge in [-0.2, -0.15) is 0 Å². The first-order chi connectivity index (χ1) is 16.5. The summed E-state index contributed by atoms with van der Waals surface area (Å²) >= 11 is 0. The normalized spacial score (nSPS) is 19.3. The van der Waals surface area contributed by atoms with Crippen LogP contribution in [0, 0.1) is 11.7 Å². The molecular weight excluding hydrogens is 433 g/mol. The third-order valence-electron chi connectivity index (χ3n) is 6.49. The van der Waals surface area contributed by atoms with Crippen molar-refractivity contribution >= 4 is 17.9 Å². The lowest BCUT2D eigenvalue weighted by Gasteiger charge is -2.43. The van der Waals surface area contributed by atoms with Gasteiger partial charge in [-0.25, -0.2) is 4.39 Å². The Kier molecular flexibility index (Phi) is 5.84. The number of amides is 2. The summed E-state index contributed by atoms with van der Waals surface area (Å²) in [6.07, 6.45) is 2.29. The van der Waals surface area contributed by atoms with Gasteiger partial charge in [0.1, 0.15) is 11.5 Å². The van der Waals surface area contributed by atoms with Crippen molar-refractivity contribution in [3.8, 4) is 0 Å². The van der Waals surface area contributed by atoms with Gasteiger partial charge in [0, 0.05) is 48.4 Å². The van der Waals surface area contributed by atoms with Crippen molar-refractivity contribution in [2.24, 2.45) is 5.92 Å². The molecule has 2 bridgehead atoms. The van der Waals surface area contributed by atoms with Crippen LogP contribution < -0.4 is 10.9 Å². The van der Waals surface area contributed by atoms with Gasteiger partial charge < -0.3 is 14.8 Å². The number of nitrogens with one attached hydrogen (secondary N) is 1. The zero-order chi connectivity index (χ0) is 23.7. The minimum absolute atomic E-state index is 0.0179. The van der Waals surface area contributed by atoms with E-state index in [1.807, 2.05) is 6.07 Å². The van der Waals surface area contributed by atoms with Gasteiger partial charge in [0.05, 0.1) is 0 Å². The minimum Gasteiger partial charge on any atom is -0.336 e. The molecule has 2 unspecified atom stereocenters. The number of halogens is 1. The number of likely N-dealkylation sites (tertiary alicyclic amines) is 1. The van der Waals surface area contributed by atoms with Crippen LogP contribution in [-0.4, -0.2) is 34.4 Å². The first-order valence-electron chi connectivity index (χ1n) is 11.3. The number of nitrogens with zero attached hydrogens (tertiary/aromatic N) is 2. The number of piperidine rings is 1. The molecule has 0 aliphatic carbocycles. The fourth-order valence-corrected chi connectivity index (χ4v) is 4.92. The highest BCUT2D eigenvalue weighted by molar-refractivity contribution is 6.05. The van der Waals surface area contributed by atoms with Crippen LogP contribution in [0.2, 0.25) is 0 Å². The van der Waals surface area contributed by atoms with Crippen LogP contribution in [0.1, 0.15) is 34.0 Å². The fourth-order valence-electron chi connectivity index (χ4n) is 4.92. The van der Waals surface area contributed by atoms with E-state index in [4.69, 9.17) is 0 Å². The maximum Gasteiger partial charge on any atom is 0.270 e. The van der Waals surface area contributed by atoms with Crippen molar-refractivity contribution in [1.29, 1.82) is 0 Å². The van der Waals surface area contributed by atoms with Crippen LogP contribution in [0.3, 0.4) is 0 Å². The Balaban J connectivity index is 1.45. The highest BCUT2D eigenvalue weighted by atomic mass is 19.1. The van der Waals surface area contributed by atoms with Crippen LogP contribution in [0.25, 0.3) is 6.08 Å². The van der Waals surface area contributed by atoms with E-state index < -0.39 is 11.7 Å². The van der Waals surface area contributed by atoms with Gasteiger partial charge in [-0.05, 0) is 42.7 Å². The number of rotatable bonds is 4. The molecule has 7 heteroatoms. The third-order valence-corrected chi connectivity index (χ3v) is 6.49. The minimum atomic E-state index is -0.481. The highest BCUT2D eigenvalue weighted by Crippen LogP contribution is 2.35. The summed E-state index contributed by atoms with van der Waals surface area (Å²) in [4.78, 5) is 40.5. The first-order valence-corrected chi connectivity index (χ1v) is 11.3. The average molecular weight is 458 g/mol. The molecule has 1 fully saturated rings. The van der Waals surface area contributed by atoms with E-state index in [1.54, 1.807) is 70.1 Å². The molecule has 1 aromatic heterocycles. The van der Waals surface area contributed by atoms with Gasteiger partial charge in [0.15, 0.2) is 0 Å². The number of fused-ring (bicyclic) bond motifs is 4. The van der Waals surface area contributed by atoms with E-state index in [0.29, 0.717) is 25.2 Å². The van der Waals surface area contributed by atoms with Crippen LogP contribution >= 0.6 is 0 Å². The van der Waals surface area contributed by atoms with E-state index in [0.717, 1.165) is 12.1 Å². The summed E-state index contributed by atoms with van der Waals surface area (Å²) in [7, 11) is 0. The number of carbonyl (C=O) groups excluding carboxylic acids is 2. The van der Waals surface area contributed by atoms with Crippen molar-refractivity contribution in [3.63, 3.8) is 0 Å². The molecule has 2 aliphatic heterocycles. The molecule has 0 radical (unpaired) electrons. The standard InChI is InChI=1S/C27H24FN3O3/c28-22-10-5-4-9-20(22)14-23(29-26(33)19-7-2-1-3-8-19)27(34)30-15-18-13-21(17-30)24-11-6-12-25(32)31(24)16-18/h1-12,14,18,21H,13,15-17H2,(H,29,33). The van der Waals surface area contributed by atoms with Gasteiger partial charge in [-0.1, -0.05) is 42.5 Å². The third kappa shape index (κ3) is 4.29. The smallest absolute Gasteiger partial charge is 0.270 e. The zero-order valence-electron chi connectivity index (χ0n) is 18.5. The maximum atomic E-state index is 14.4. The molecule has 2 aliphatic rings. The summed E-state index contributed by atoms with van der Waals surface area (Å²) in [5.41, 5.74) is 1.53. The number of carbonyl (C=O) groups is 2. The van der Waals surface area contributed by atoms with Gasteiger partial charge in [0.2, 0.25) is 0 Å². The Morgan fingerprint density at radius 2 is 1.68 bits per heavy atom. The van der Waals surface area contributed by atoms with Crippen molar-refractivity contribution in [2.45, 2.75) is 18.9 Å². The summed E-state index contributed by atoms with van der Waals surface area (Å²) in [6, 6.07) is 19.9. The van der Waals surface area contributed by atoms with Crippen molar-refractivity contribution in [3.05, 3.63) is 111 Å². The largest absolute Gasteiger partial charge is 0.336 e. The molecule has 3 heterocycles. The topological polar surface area (TPSA) is 71.4 Å². The number of aromatic nitrogens is 1. The van der Waals surface area contributed by atoms with E-state index in [-0.39, 0.29) is 34.6 Å². The SMILES string of the molecule is O=C(NC(=Cc1ccccc1F)C(=O)N1CC2CC(C1)c1cccc(=O)n1C2)c1ccccc1. The summed E-state index contributed by atoms with van der Waals surface area (Å²) in [5, 5.41) is 2.71. The summed E-state index contributed by atoms with van der Waals surface area (Å²) in [5.74, 6) is -1.12. The lowest BCUT2D eigenvalue weighted by atomic mass is 9.83. The molecule has 3 aromatic rings. The van der Waals surface area contributed by atoms with Gasteiger partial charge >= 0.3 is 0 Å². The number of benzene rings is 2. The molecule has 6 nitrogen and oxygen atoms in total. The monoisotopic (exact) mass is 457 g/mol. The van der Waals surface area contributed by atoms with Crippen molar-refractivity contribution in [1.82, 2.24) is 14.8 Å². The predicted molar refractivity (Wildman–Crippen MR) is 126 cm³/mol. The molecule has 34 heavy (non-hydrogen) atoms. The Morgan fingerprint density at radius 1 is 0.912 bits per heavy atom. The molecule has 0 spiro atoms. The molecule has 2 aromatic carbocycles. The summed E-state index contributed by atoms with van der Waals surface area (Å²) in [6.45, 7) is 1.44. The Hall–Kier alpha value is -4.00. The van der Waals surface area contributed by atoms with Crippen molar-refractivity contribution < 1.29 is 14.0 Å². The van der Waals surface area contributed by atoms with Gasteiger partial charge in [-0.15, -0.1) is 0 Å². The molecular formula is C27H24FN3O3. The van der Waals surface area contributed by atoms with E-state index >= 15 is 0 Å². The van der Waals surface area contributed by atoms with E-state index in [1.165, 1.54) is 12.1 Å². The predicted octanol–water partition coefficient (Wildman–Crippen LogP) is 3.40. The lowest BCUT2D eigenvalue weighted by Crippen LogP contribution is -2.50. The Labute approximate surface area is 196 Å². The first kappa shape index (κ1) is 21.8. The van der Waals surface area contributed by atoms with Crippen LogP contribution in [0.5, 0.6) is 0 Å². The molecule has 1 N–H and O–H groups in total. The number of hydrogen-bond donors (Lipinski definition) is 1. The van der Waals surface area contributed by atoms with E-state index in [9.17, 15) is 18.8 Å². The fraction of sp³-hybridized carbons (Fsp3) is 0.222. The molecule has 5 rings (SSSR count). The molecule has 0 saturated carbocycles. The van der Waals surface area contributed by atoms with Gasteiger partial charge in [-0.3, -0.25) is 14.4 Å². The zero-order valence-corrected chi connectivity index (χ0v) is 18.5. The van der Waals surface area contributed by atoms with Crippen molar-refractivity contribution in [2.75, 3.05) is 13.1 Å². The second kappa shape index (κ2) is 9.09. The Morgan fingerprint density at radius 3 is 2.47 bits per heavy atom. The molecule has 2 amide bonds. The molecule has 172 valence electrons. The van der Waals surface area contributed by atoms with Gasteiger partial charge in [0.25, 0.3) is 17.4 Å². The molecule has 2 atom stereocenters. The maximum absolute atomic E-state index is 14.4. The second-order valence-corrected chi connectivity index (χ2v) is 8.81. The van der Waals surface area contributed by atoms with E-state index in [2.05, 4.69) is 5.32 Å². The highest BCUT2D eigenvalue weighted by Gasteiger charge is 2.37. The average Bonchev–Trinajstić information content (AvgIpc) is 2.85. The Bertz CT molecular complexity index is 1330. The summed E-state index contributed by atoms with van der Waals surface area (Å²) < 4.78 is 16.2. The van der Waals surface area contributed by atoms with Crippen LogP contribution in [0.15, 0.2) is 83.3 Å². The van der Waals surface area contributed by atoms with Crippen LogP contribution in [0.4, 0.5) is 4.39 Å². The number of pyridine rings is 1.